The van der Waals surface area contributed by atoms with E-state index in [1.165, 1.54) is 42.5 Å². The highest BCUT2D eigenvalue weighted by Crippen LogP contribution is 2.33. The average Bonchev–Trinajstić information content (AvgIpc) is 3.41. The molecule has 0 saturated carbocycles. The van der Waals surface area contributed by atoms with E-state index in [-0.39, 0.29) is 17.1 Å². The first-order valence-electron chi connectivity index (χ1n) is 11.1. The highest BCUT2D eigenvalue weighted by Gasteiger charge is 2.43. The first kappa shape index (κ1) is 28.1. The highest BCUT2D eigenvalue weighted by molar-refractivity contribution is 6.30. The van der Waals surface area contributed by atoms with Gasteiger partial charge in [0.1, 0.15) is 11.9 Å². The number of aliphatic imine (C=N–C) groups is 1. The van der Waals surface area contributed by atoms with E-state index in [1.807, 2.05) is 0 Å². The van der Waals surface area contributed by atoms with Gasteiger partial charge in [0, 0.05) is 23.6 Å². The number of rotatable bonds is 8. The maximum Gasteiger partial charge on any atom is 0.416 e. The van der Waals surface area contributed by atoms with Crippen LogP contribution in [0.25, 0.3) is 11.4 Å². The molecule has 0 fully saturated rings. The van der Waals surface area contributed by atoms with E-state index in [1.54, 1.807) is 0 Å². The molecule has 0 radical (unpaired) electrons. The molecule has 39 heavy (non-hydrogen) atoms. The van der Waals surface area contributed by atoms with Crippen LogP contribution in [-0.2, 0) is 13.1 Å². The van der Waals surface area contributed by atoms with E-state index in [9.17, 15) is 42.0 Å². The number of nitro benzene ring substituents is 1. The quantitative estimate of drug-likeness (QED) is 0.238. The van der Waals surface area contributed by atoms with E-state index < -0.39 is 59.6 Å². The number of nitrogens with zero attached hydrogens (tertiary/aromatic N) is 6. The number of anilines is 1. The zero-order valence-electron chi connectivity index (χ0n) is 19.8. The van der Waals surface area contributed by atoms with Crippen molar-refractivity contribution in [2.75, 3.05) is 5.01 Å². The van der Waals surface area contributed by atoms with Gasteiger partial charge in [-0.1, -0.05) is 23.7 Å². The number of amidine groups is 1. The standard InChI is InChI=1S/C22H19ClF5N7O4/c1-21(24,25)19-29-17(30-34(19)14-4-2-3-5-15(14)35(38)39)11-33-20(37)32(10-16(36)22(26,27)28)18(31-33)12-6-8-13(23)9-7-12/h2-9,16-17,30,36H,10-11H2,1H3/t16-,17?/m0/s1. The summed E-state index contributed by atoms with van der Waals surface area (Å²) in [6.07, 6.45) is -9.26. The summed E-state index contributed by atoms with van der Waals surface area (Å²) in [5.74, 6) is -4.72. The monoisotopic (exact) mass is 575 g/mol. The number of aliphatic hydroxyl groups is 1. The number of nitrogens with one attached hydrogen (secondary N) is 1. The molecule has 2 heterocycles. The predicted molar refractivity (Wildman–Crippen MR) is 130 cm³/mol. The van der Waals surface area contributed by atoms with E-state index in [0.717, 1.165) is 11.1 Å². The number of hydrogen-bond donors (Lipinski definition) is 2. The van der Waals surface area contributed by atoms with Crippen LogP contribution in [0.15, 0.2) is 58.3 Å². The molecule has 0 saturated heterocycles. The summed E-state index contributed by atoms with van der Waals surface area (Å²) in [5.41, 5.74) is 0.910. The van der Waals surface area contributed by atoms with Crippen molar-refractivity contribution >= 4 is 28.8 Å². The Balaban J connectivity index is 1.73. The maximum absolute atomic E-state index is 14.4. The van der Waals surface area contributed by atoms with Crippen molar-refractivity contribution in [2.24, 2.45) is 4.99 Å². The first-order valence-corrected chi connectivity index (χ1v) is 11.5. The third-order valence-electron chi connectivity index (χ3n) is 5.58. The van der Waals surface area contributed by atoms with Gasteiger partial charge in [-0.2, -0.15) is 22.0 Å². The lowest BCUT2D eigenvalue weighted by atomic mass is 10.2. The zero-order valence-corrected chi connectivity index (χ0v) is 20.6. The lowest BCUT2D eigenvalue weighted by molar-refractivity contribution is -0.384. The van der Waals surface area contributed by atoms with Crippen molar-refractivity contribution in [1.29, 1.82) is 0 Å². The van der Waals surface area contributed by atoms with Crippen LogP contribution in [0.4, 0.5) is 33.3 Å². The van der Waals surface area contributed by atoms with Crippen LogP contribution in [0.5, 0.6) is 0 Å². The Kier molecular flexibility index (Phi) is 7.46. The Morgan fingerprint density at radius 2 is 1.79 bits per heavy atom. The molecule has 2 aromatic carbocycles. The van der Waals surface area contributed by atoms with Crippen LogP contribution >= 0.6 is 11.6 Å². The third kappa shape index (κ3) is 5.91. The largest absolute Gasteiger partial charge is 0.416 e. The summed E-state index contributed by atoms with van der Waals surface area (Å²) >= 11 is 5.86. The molecule has 0 amide bonds. The molecule has 3 aromatic rings. The number of halogens is 6. The van der Waals surface area contributed by atoms with Gasteiger partial charge in [0.15, 0.2) is 17.8 Å². The lowest BCUT2D eigenvalue weighted by Crippen LogP contribution is -2.48. The van der Waals surface area contributed by atoms with Crippen molar-refractivity contribution < 1.29 is 32.0 Å². The van der Waals surface area contributed by atoms with Crippen molar-refractivity contribution in [3.8, 4) is 11.4 Å². The summed E-state index contributed by atoms with van der Waals surface area (Å²) < 4.78 is 69.4. The molecule has 1 aliphatic heterocycles. The van der Waals surface area contributed by atoms with Gasteiger partial charge in [-0.3, -0.25) is 14.7 Å². The fourth-order valence-corrected chi connectivity index (χ4v) is 3.93. The minimum Gasteiger partial charge on any atom is -0.382 e. The molecule has 1 unspecified atom stereocenters. The van der Waals surface area contributed by atoms with Crippen molar-refractivity contribution in [3.05, 3.63) is 74.2 Å². The smallest absolute Gasteiger partial charge is 0.382 e. The number of hydrogen-bond acceptors (Lipinski definition) is 8. The molecule has 4 rings (SSSR count). The van der Waals surface area contributed by atoms with Gasteiger partial charge in [-0.25, -0.2) is 24.9 Å². The maximum atomic E-state index is 14.4. The third-order valence-corrected chi connectivity index (χ3v) is 5.84. The molecule has 208 valence electrons. The number of benzene rings is 2. The second kappa shape index (κ2) is 10.3. The zero-order chi connectivity index (χ0) is 28.7. The van der Waals surface area contributed by atoms with Crippen LogP contribution in [0.3, 0.4) is 0 Å². The van der Waals surface area contributed by atoms with E-state index >= 15 is 0 Å². The Hall–Kier alpha value is -3.89. The summed E-state index contributed by atoms with van der Waals surface area (Å²) in [7, 11) is 0. The van der Waals surface area contributed by atoms with Crippen molar-refractivity contribution in [1.82, 2.24) is 19.8 Å². The molecule has 11 nitrogen and oxygen atoms in total. The number of aromatic nitrogens is 3. The lowest BCUT2D eigenvalue weighted by Gasteiger charge is -2.24. The van der Waals surface area contributed by atoms with Gasteiger partial charge in [0.25, 0.3) is 5.69 Å². The van der Waals surface area contributed by atoms with Gasteiger partial charge in [-0.15, -0.1) is 5.10 Å². The van der Waals surface area contributed by atoms with E-state index in [4.69, 9.17) is 11.6 Å². The van der Waals surface area contributed by atoms with Crippen LogP contribution in [0.2, 0.25) is 5.02 Å². The molecule has 0 aliphatic carbocycles. The Bertz CT molecular complexity index is 1470. The van der Waals surface area contributed by atoms with Crippen LogP contribution in [0.1, 0.15) is 6.92 Å². The summed E-state index contributed by atoms with van der Waals surface area (Å²) in [6, 6.07) is 10.7. The molecular formula is C22H19ClF5N7O4. The fraction of sp³-hybridized carbons (Fsp3) is 0.318. The topological polar surface area (TPSA) is 131 Å². The first-order chi connectivity index (χ1) is 18.2. The second-order valence-electron chi connectivity index (χ2n) is 8.53. The molecular weight excluding hydrogens is 557 g/mol. The van der Waals surface area contributed by atoms with Gasteiger partial charge in [-0.05, 0) is 30.3 Å². The average molecular weight is 576 g/mol. The second-order valence-corrected chi connectivity index (χ2v) is 8.97. The Labute approximate surface area is 220 Å². The fourth-order valence-electron chi connectivity index (χ4n) is 3.80. The number of alkyl halides is 5. The van der Waals surface area contributed by atoms with E-state index in [0.29, 0.717) is 21.2 Å². The molecule has 1 aromatic heterocycles. The van der Waals surface area contributed by atoms with Crippen molar-refractivity contribution in [2.45, 2.75) is 44.4 Å². The van der Waals surface area contributed by atoms with Gasteiger partial charge in [0.2, 0.25) is 0 Å². The number of nitro groups is 1. The molecule has 2 N–H and O–H groups in total. The van der Waals surface area contributed by atoms with Gasteiger partial charge >= 0.3 is 17.8 Å². The Morgan fingerprint density at radius 1 is 1.15 bits per heavy atom. The van der Waals surface area contributed by atoms with Crippen molar-refractivity contribution in [3.63, 3.8) is 0 Å². The SMILES string of the molecule is CC(F)(F)C1=NC(Cn2nc(-c3ccc(Cl)cc3)n(C[C@H](O)C(F)(F)F)c2=O)NN1c1ccccc1[N+](=O)[O-]. The van der Waals surface area contributed by atoms with Crippen LogP contribution in [-0.4, -0.2) is 54.6 Å². The summed E-state index contributed by atoms with van der Waals surface area (Å²) in [5, 5.41) is 26.2. The van der Waals surface area contributed by atoms with Gasteiger partial charge in [0.05, 0.1) is 18.0 Å². The predicted octanol–water partition coefficient (Wildman–Crippen LogP) is 3.60. The summed E-state index contributed by atoms with van der Waals surface area (Å²) in [4.78, 5) is 27.7. The van der Waals surface area contributed by atoms with Crippen LogP contribution < -0.4 is 16.1 Å². The molecule has 1 aliphatic rings. The molecule has 0 spiro atoms. The molecule has 2 atom stereocenters. The van der Waals surface area contributed by atoms with Gasteiger partial charge < -0.3 is 5.11 Å². The number of para-hydroxylation sites is 2. The minimum absolute atomic E-state index is 0.190. The number of hydrazine groups is 1. The minimum atomic E-state index is -5.04. The normalized spacial score (nSPS) is 16.9. The number of aliphatic hydroxyl groups excluding tert-OH is 1. The summed E-state index contributed by atoms with van der Waals surface area (Å²) in [6.45, 7) is -1.22. The molecule has 0 bridgehead atoms. The molecule has 17 heteroatoms. The van der Waals surface area contributed by atoms with E-state index in [2.05, 4.69) is 15.5 Å². The highest BCUT2D eigenvalue weighted by atomic mass is 35.5. The Morgan fingerprint density at radius 3 is 2.38 bits per heavy atom. The van der Waals surface area contributed by atoms with Crippen LogP contribution in [0, 0.1) is 10.1 Å².